The Morgan fingerprint density at radius 1 is 1.33 bits per heavy atom. The number of rotatable bonds is 3. The van der Waals surface area contributed by atoms with Crippen LogP contribution < -0.4 is 19.7 Å². The molecule has 2 aromatic rings. The molecule has 1 aromatic heterocycles. The number of hydrogen-bond donors (Lipinski definition) is 1. The highest BCUT2D eigenvalue weighted by Crippen LogP contribution is 2.35. The van der Waals surface area contributed by atoms with Gasteiger partial charge in [0.1, 0.15) is 0 Å². The van der Waals surface area contributed by atoms with Crippen molar-refractivity contribution in [1.82, 2.24) is 15.2 Å². The summed E-state index contributed by atoms with van der Waals surface area (Å²) in [5.74, 6) is 1.04. The van der Waals surface area contributed by atoms with Crippen molar-refractivity contribution in [1.29, 1.82) is 0 Å². The number of ether oxygens (including phenoxy) is 2. The molecule has 1 N–H and O–H groups in total. The summed E-state index contributed by atoms with van der Waals surface area (Å²) in [5.41, 5.74) is 1.40. The Morgan fingerprint density at radius 2 is 2.22 bits per heavy atom. The molecule has 1 aromatic carbocycles. The van der Waals surface area contributed by atoms with Crippen molar-refractivity contribution >= 4 is 11.7 Å². The molecule has 2 aliphatic rings. The topological polar surface area (TPSA) is 66.9 Å². The number of urea groups is 1. The maximum atomic E-state index is 14.0. The fourth-order valence-corrected chi connectivity index (χ4v) is 3.50. The van der Waals surface area contributed by atoms with Gasteiger partial charge in [-0.1, -0.05) is 12.1 Å². The second-order valence-corrected chi connectivity index (χ2v) is 6.63. The Kier molecular flexibility index (Phi) is 4.70. The number of pyridine rings is 1. The molecule has 1 atom stereocenters. The van der Waals surface area contributed by atoms with Gasteiger partial charge in [-0.25, -0.2) is 9.18 Å². The average molecular weight is 372 g/mol. The van der Waals surface area contributed by atoms with Crippen molar-refractivity contribution < 1.29 is 18.7 Å². The van der Waals surface area contributed by atoms with Gasteiger partial charge in [0.15, 0.2) is 17.3 Å². The first kappa shape index (κ1) is 17.4. The van der Waals surface area contributed by atoms with Gasteiger partial charge in [0, 0.05) is 44.0 Å². The van der Waals surface area contributed by atoms with E-state index < -0.39 is 0 Å². The van der Waals surface area contributed by atoms with Crippen molar-refractivity contribution in [2.45, 2.75) is 19.5 Å². The maximum Gasteiger partial charge on any atom is 0.318 e. The zero-order valence-corrected chi connectivity index (χ0v) is 15.0. The predicted molar refractivity (Wildman–Crippen MR) is 97.4 cm³/mol. The van der Waals surface area contributed by atoms with E-state index in [-0.39, 0.29) is 24.7 Å². The van der Waals surface area contributed by atoms with E-state index in [1.54, 1.807) is 17.2 Å². The summed E-state index contributed by atoms with van der Waals surface area (Å²) in [5, 5.41) is 2.94. The summed E-state index contributed by atoms with van der Waals surface area (Å²) in [6.45, 7) is 4.16. The molecule has 142 valence electrons. The lowest BCUT2D eigenvalue weighted by Crippen LogP contribution is -2.56. The van der Waals surface area contributed by atoms with Crippen LogP contribution in [0, 0.1) is 5.82 Å². The predicted octanol–water partition coefficient (Wildman–Crippen LogP) is 2.37. The molecule has 0 radical (unpaired) electrons. The van der Waals surface area contributed by atoms with Gasteiger partial charge >= 0.3 is 6.03 Å². The van der Waals surface area contributed by atoms with Gasteiger partial charge in [-0.3, -0.25) is 4.98 Å². The largest absolute Gasteiger partial charge is 0.454 e. The van der Waals surface area contributed by atoms with Crippen molar-refractivity contribution in [2.24, 2.45) is 0 Å². The third-order valence-corrected chi connectivity index (χ3v) is 4.89. The van der Waals surface area contributed by atoms with Gasteiger partial charge in [-0.15, -0.1) is 0 Å². The first-order chi connectivity index (χ1) is 13.1. The second kappa shape index (κ2) is 7.30. The number of anilines is 1. The molecule has 2 aliphatic heterocycles. The fraction of sp³-hybridized carbons (Fsp3) is 0.368. The number of aromatic nitrogens is 1. The summed E-state index contributed by atoms with van der Waals surface area (Å²) in [7, 11) is 0. The maximum absolute atomic E-state index is 14.0. The minimum Gasteiger partial charge on any atom is -0.454 e. The lowest BCUT2D eigenvalue weighted by molar-refractivity contribution is 0.169. The normalized spacial score (nSPS) is 18.5. The molecule has 0 aliphatic carbocycles. The van der Waals surface area contributed by atoms with Crippen LogP contribution in [-0.2, 0) is 6.54 Å². The number of amides is 2. The quantitative estimate of drug-likeness (QED) is 0.896. The standard InChI is InChI=1S/C19H21FN4O3/c1-13-11-23(16-5-6-21-10-15(16)20)7-8-24(13)19(25)22-9-14-3-2-4-17-18(14)27-12-26-17/h2-6,10,13H,7-9,11-12H2,1H3,(H,22,25)/t13-/m1/s1. The van der Waals surface area contributed by atoms with Crippen LogP contribution in [0.3, 0.4) is 0 Å². The Hall–Kier alpha value is -3.03. The number of nitrogens with one attached hydrogen (secondary N) is 1. The van der Waals surface area contributed by atoms with E-state index in [9.17, 15) is 9.18 Å². The molecule has 27 heavy (non-hydrogen) atoms. The van der Waals surface area contributed by atoms with Crippen LogP contribution in [0.15, 0.2) is 36.7 Å². The molecule has 0 bridgehead atoms. The Morgan fingerprint density at radius 3 is 3.04 bits per heavy atom. The van der Waals surface area contributed by atoms with Crippen molar-refractivity contribution in [3.8, 4) is 11.5 Å². The summed E-state index contributed by atoms with van der Waals surface area (Å²) in [4.78, 5) is 20.1. The number of carbonyl (C=O) groups is 1. The van der Waals surface area contributed by atoms with Gasteiger partial charge in [-0.2, -0.15) is 0 Å². The summed E-state index contributed by atoms with van der Waals surface area (Å²) in [6.07, 6.45) is 2.79. The number of para-hydroxylation sites is 1. The van der Waals surface area contributed by atoms with E-state index in [0.29, 0.717) is 43.4 Å². The molecule has 7 nitrogen and oxygen atoms in total. The monoisotopic (exact) mass is 372 g/mol. The van der Waals surface area contributed by atoms with Crippen molar-refractivity contribution in [2.75, 3.05) is 31.3 Å². The van der Waals surface area contributed by atoms with E-state index in [2.05, 4.69) is 10.3 Å². The van der Waals surface area contributed by atoms with Crippen LogP contribution >= 0.6 is 0 Å². The number of halogens is 1. The molecule has 0 unspecified atom stereocenters. The molecule has 0 spiro atoms. The van der Waals surface area contributed by atoms with Gasteiger partial charge in [0.2, 0.25) is 6.79 Å². The summed E-state index contributed by atoms with van der Waals surface area (Å²) in [6, 6.07) is 7.09. The van der Waals surface area contributed by atoms with Crippen LogP contribution in [0.1, 0.15) is 12.5 Å². The molecule has 8 heteroatoms. The van der Waals surface area contributed by atoms with E-state index in [4.69, 9.17) is 9.47 Å². The van der Waals surface area contributed by atoms with E-state index in [1.165, 1.54) is 6.20 Å². The molecule has 3 heterocycles. The first-order valence-corrected chi connectivity index (χ1v) is 8.90. The highest BCUT2D eigenvalue weighted by atomic mass is 19.1. The minimum absolute atomic E-state index is 0.0487. The number of piperazine rings is 1. The molecule has 2 amide bonds. The third-order valence-electron chi connectivity index (χ3n) is 4.89. The van der Waals surface area contributed by atoms with Gasteiger partial charge in [0.25, 0.3) is 0 Å². The second-order valence-electron chi connectivity index (χ2n) is 6.63. The number of hydrogen-bond acceptors (Lipinski definition) is 5. The molecule has 0 saturated carbocycles. The third kappa shape index (κ3) is 3.47. The molecule has 1 saturated heterocycles. The Balaban J connectivity index is 1.36. The lowest BCUT2D eigenvalue weighted by Gasteiger charge is -2.40. The first-order valence-electron chi connectivity index (χ1n) is 8.90. The fourth-order valence-electron chi connectivity index (χ4n) is 3.50. The van der Waals surface area contributed by atoms with Crippen LogP contribution in [0.25, 0.3) is 0 Å². The van der Waals surface area contributed by atoms with Gasteiger partial charge < -0.3 is 24.6 Å². The van der Waals surface area contributed by atoms with Crippen LogP contribution in [0.5, 0.6) is 11.5 Å². The summed E-state index contributed by atoms with van der Waals surface area (Å²) >= 11 is 0. The highest BCUT2D eigenvalue weighted by Gasteiger charge is 2.29. The van der Waals surface area contributed by atoms with Crippen molar-refractivity contribution in [3.05, 3.63) is 48.0 Å². The average Bonchev–Trinajstić information content (AvgIpc) is 3.16. The zero-order valence-electron chi connectivity index (χ0n) is 15.0. The SMILES string of the molecule is C[C@@H]1CN(c2ccncc2F)CCN1C(=O)NCc1cccc2c1OCO2. The molecular weight excluding hydrogens is 351 g/mol. The minimum atomic E-state index is -0.345. The number of carbonyl (C=O) groups excluding carboxylic acids is 1. The van der Waals surface area contributed by atoms with Crippen molar-refractivity contribution in [3.63, 3.8) is 0 Å². The molecular formula is C19H21FN4O3. The van der Waals surface area contributed by atoms with E-state index in [0.717, 1.165) is 5.56 Å². The lowest BCUT2D eigenvalue weighted by atomic mass is 10.1. The van der Waals surface area contributed by atoms with E-state index >= 15 is 0 Å². The zero-order chi connectivity index (χ0) is 18.8. The van der Waals surface area contributed by atoms with Gasteiger partial charge in [-0.05, 0) is 19.1 Å². The number of fused-ring (bicyclic) bond motifs is 1. The molecule has 4 rings (SSSR count). The van der Waals surface area contributed by atoms with Crippen LogP contribution in [0.2, 0.25) is 0 Å². The van der Waals surface area contributed by atoms with E-state index in [1.807, 2.05) is 30.0 Å². The smallest absolute Gasteiger partial charge is 0.318 e. The van der Waals surface area contributed by atoms with Crippen LogP contribution in [0.4, 0.5) is 14.9 Å². The summed E-state index contributed by atoms with van der Waals surface area (Å²) < 4.78 is 24.8. The number of nitrogens with zero attached hydrogens (tertiary/aromatic N) is 3. The highest BCUT2D eigenvalue weighted by molar-refractivity contribution is 5.75. The van der Waals surface area contributed by atoms with Crippen LogP contribution in [-0.4, -0.2) is 48.4 Å². The Bertz CT molecular complexity index is 847. The molecule has 1 fully saturated rings. The number of benzene rings is 1. The van der Waals surface area contributed by atoms with Gasteiger partial charge in [0.05, 0.1) is 11.9 Å². The Labute approximate surface area is 156 Å².